The number of rotatable bonds is 5. The Hall–Kier alpha value is -2.28. The van der Waals surface area contributed by atoms with Crippen LogP contribution in [0.2, 0.25) is 0 Å². The summed E-state index contributed by atoms with van der Waals surface area (Å²) in [7, 11) is 0. The van der Waals surface area contributed by atoms with E-state index in [0.717, 1.165) is 0 Å². The molecular formula is C16H23NO6. The van der Waals surface area contributed by atoms with Gasteiger partial charge in [-0.25, -0.2) is 4.79 Å². The van der Waals surface area contributed by atoms with Crippen LogP contribution < -0.4 is 5.73 Å². The van der Waals surface area contributed by atoms with E-state index in [9.17, 15) is 19.8 Å². The molecule has 0 aromatic heterocycles. The maximum Gasteiger partial charge on any atom is 0.329 e. The molecule has 1 aromatic rings. The highest BCUT2D eigenvalue weighted by Crippen LogP contribution is 2.26. The molecule has 0 amide bonds. The molecule has 4 N–H and O–H groups in total. The minimum absolute atomic E-state index is 0.0763. The Bertz CT molecular complexity index is 589. The standard InChI is InChI=1S/C16H23NO6/c1-15(2,3)13(20)22-9-23-14(21)16(4,17)8-10-5-6-11(18)12(19)7-10/h5-7,18-19H,8-9,17H2,1-4H3/t16-/m0/s1. The minimum atomic E-state index is -1.38. The number of aromatic hydroxyl groups is 2. The van der Waals surface area contributed by atoms with E-state index in [1.807, 2.05) is 0 Å². The summed E-state index contributed by atoms with van der Waals surface area (Å²) in [5.41, 5.74) is 4.40. The monoisotopic (exact) mass is 325 g/mol. The highest BCUT2D eigenvalue weighted by Gasteiger charge is 2.31. The summed E-state index contributed by atoms with van der Waals surface area (Å²) in [4.78, 5) is 23.6. The van der Waals surface area contributed by atoms with Gasteiger partial charge < -0.3 is 25.4 Å². The lowest BCUT2D eigenvalue weighted by atomic mass is 9.94. The van der Waals surface area contributed by atoms with Crippen LogP contribution >= 0.6 is 0 Å². The third-order valence-electron chi connectivity index (χ3n) is 3.07. The zero-order valence-electron chi connectivity index (χ0n) is 13.8. The van der Waals surface area contributed by atoms with Crippen molar-refractivity contribution in [3.05, 3.63) is 23.8 Å². The third-order valence-corrected chi connectivity index (χ3v) is 3.07. The van der Waals surface area contributed by atoms with Crippen LogP contribution in [0.3, 0.4) is 0 Å². The fourth-order valence-electron chi connectivity index (χ4n) is 1.69. The van der Waals surface area contributed by atoms with Gasteiger partial charge >= 0.3 is 11.9 Å². The van der Waals surface area contributed by atoms with E-state index in [1.54, 1.807) is 20.8 Å². The Kier molecular flexibility index (Phi) is 5.60. The molecule has 0 unspecified atom stereocenters. The predicted molar refractivity (Wildman–Crippen MR) is 82.6 cm³/mol. The van der Waals surface area contributed by atoms with Gasteiger partial charge in [0, 0.05) is 6.42 Å². The average molecular weight is 325 g/mol. The van der Waals surface area contributed by atoms with Gasteiger partial charge in [0.15, 0.2) is 11.5 Å². The lowest BCUT2D eigenvalue weighted by Gasteiger charge is -2.23. The van der Waals surface area contributed by atoms with E-state index in [1.165, 1.54) is 25.1 Å². The zero-order valence-corrected chi connectivity index (χ0v) is 13.8. The molecule has 7 heteroatoms. The lowest BCUT2D eigenvalue weighted by molar-refractivity contribution is -0.176. The Morgan fingerprint density at radius 1 is 1.04 bits per heavy atom. The van der Waals surface area contributed by atoms with Crippen LogP contribution in [0.4, 0.5) is 0 Å². The summed E-state index contributed by atoms with van der Waals surface area (Å²) in [6, 6.07) is 4.15. The Balaban J connectivity index is 2.60. The molecule has 0 saturated carbocycles. The summed E-state index contributed by atoms with van der Waals surface area (Å²) in [5.74, 6) is -1.80. The third kappa shape index (κ3) is 5.45. The number of carbonyl (C=O) groups excluding carboxylic acids is 2. The Morgan fingerprint density at radius 3 is 2.13 bits per heavy atom. The van der Waals surface area contributed by atoms with E-state index < -0.39 is 29.7 Å². The van der Waals surface area contributed by atoms with Gasteiger partial charge in [0.2, 0.25) is 6.79 Å². The molecular weight excluding hydrogens is 302 g/mol. The molecule has 0 heterocycles. The van der Waals surface area contributed by atoms with Crippen LogP contribution in [0.25, 0.3) is 0 Å². The first kappa shape index (κ1) is 18.8. The second-order valence-electron chi connectivity index (χ2n) is 6.65. The van der Waals surface area contributed by atoms with E-state index in [-0.39, 0.29) is 17.9 Å². The first-order chi connectivity index (χ1) is 10.4. The van der Waals surface area contributed by atoms with Gasteiger partial charge in [-0.2, -0.15) is 0 Å². The maximum absolute atomic E-state index is 12.0. The summed E-state index contributed by atoms with van der Waals surface area (Å²) in [6.07, 6.45) is 0.0763. The van der Waals surface area contributed by atoms with E-state index >= 15 is 0 Å². The normalized spacial score (nSPS) is 14.0. The van der Waals surface area contributed by atoms with Gasteiger partial charge in [-0.15, -0.1) is 0 Å². The molecule has 0 aliphatic carbocycles. The number of carbonyl (C=O) groups is 2. The molecule has 1 atom stereocenters. The van der Waals surface area contributed by atoms with Gasteiger partial charge in [-0.1, -0.05) is 6.07 Å². The van der Waals surface area contributed by atoms with Crippen molar-refractivity contribution in [2.45, 2.75) is 39.7 Å². The number of esters is 2. The first-order valence-electron chi connectivity index (χ1n) is 7.07. The van der Waals surface area contributed by atoms with Crippen LogP contribution in [-0.4, -0.2) is 34.5 Å². The molecule has 0 fully saturated rings. The summed E-state index contributed by atoms with van der Waals surface area (Å²) < 4.78 is 9.73. The van der Waals surface area contributed by atoms with Gasteiger partial charge in [-0.3, -0.25) is 4.79 Å². The number of nitrogens with two attached hydrogens (primary N) is 1. The van der Waals surface area contributed by atoms with Gasteiger partial charge in [0.05, 0.1) is 5.41 Å². The Morgan fingerprint density at radius 2 is 1.61 bits per heavy atom. The van der Waals surface area contributed by atoms with Gasteiger partial charge in [0.25, 0.3) is 0 Å². The smallest absolute Gasteiger partial charge is 0.329 e. The molecule has 0 aliphatic rings. The second kappa shape index (κ2) is 6.87. The van der Waals surface area contributed by atoms with Crippen molar-refractivity contribution in [2.24, 2.45) is 11.1 Å². The zero-order chi connectivity index (χ0) is 17.8. The van der Waals surface area contributed by atoms with Crippen LogP contribution in [0.1, 0.15) is 33.3 Å². The molecule has 0 spiro atoms. The molecule has 1 aromatic carbocycles. The van der Waals surface area contributed by atoms with Crippen LogP contribution in [0.15, 0.2) is 18.2 Å². The average Bonchev–Trinajstić information content (AvgIpc) is 2.41. The molecule has 0 saturated heterocycles. The molecule has 1 rings (SSSR count). The number of phenolic OH excluding ortho intramolecular Hbond substituents is 2. The number of hydrogen-bond donors (Lipinski definition) is 3. The first-order valence-corrected chi connectivity index (χ1v) is 7.07. The fraction of sp³-hybridized carbons (Fsp3) is 0.500. The quantitative estimate of drug-likeness (QED) is 0.426. The van der Waals surface area contributed by atoms with Crippen LogP contribution in [0.5, 0.6) is 11.5 Å². The highest BCUT2D eigenvalue weighted by molar-refractivity contribution is 5.81. The van der Waals surface area contributed by atoms with Gasteiger partial charge in [-0.05, 0) is 45.4 Å². The summed E-state index contributed by atoms with van der Waals surface area (Å²) in [5, 5.41) is 18.7. The Labute approximate surface area is 135 Å². The van der Waals surface area contributed by atoms with Crippen LogP contribution in [0, 0.1) is 5.41 Å². The molecule has 7 nitrogen and oxygen atoms in total. The van der Waals surface area contributed by atoms with Crippen LogP contribution in [-0.2, 0) is 25.5 Å². The SMILES string of the molecule is CC(C)(C)C(=O)OCOC(=O)[C@@](C)(N)Cc1ccc(O)c(O)c1. The maximum atomic E-state index is 12.0. The predicted octanol–water partition coefficient (Wildman–Crippen LogP) is 1.45. The lowest BCUT2D eigenvalue weighted by Crippen LogP contribution is -2.48. The van der Waals surface area contributed by atoms with Crippen molar-refractivity contribution in [3.8, 4) is 11.5 Å². The van der Waals surface area contributed by atoms with E-state index in [0.29, 0.717) is 5.56 Å². The number of ether oxygens (including phenoxy) is 2. The topological polar surface area (TPSA) is 119 Å². The van der Waals surface area contributed by atoms with Crippen molar-refractivity contribution < 1.29 is 29.3 Å². The van der Waals surface area contributed by atoms with Crippen molar-refractivity contribution in [1.29, 1.82) is 0 Å². The highest BCUT2D eigenvalue weighted by atomic mass is 16.7. The van der Waals surface area contributed by atoms with Crippen molar-refractivity contribution in [1.82, 2.24) is 0 Å². The van der Waals surface area contributed by atoms with E-state index in [2.05, 4.69) is 0 Å². The van der Waals surface area contributed by atoms with Crippen molar-refractivity contribution in [2.75, 3.05) is 6.79 Å². The largest absolute Gasteiger partial charge is 0.504 e. The number of benzene rings is 1. The van der Waals surface area contributed by atoms with Crippen molar-refractivity contribution in [3.63, 3.8) is 0 Å². The molecule has 0 bridgehead atoms. The number of hydrogen-bond acceptors (Lipinski definition) is 7. The minimum Gasteiger partial charge on any atom is -0.504 e. The van der Waals surface area contributed by atoms with E-state index in [4.69, 9.17) is 15.2 Å². The summed E-state index contributed by atoms with van der Waals surface area (Å²) in [6.45, 7) is 6.00. The van der Waals surface area contributed by atoms with Crippen molar-refractivity contribution >= 4 is 11.9 Å². The summed E-state index contributed by atoms with van der Waals surface area (Å²) >= 11 is 0. The number of phenols is 2. The fourth-order valence-corrected chi connectivity index (χ4v) is 1.69. The molecule has 23 heavy (non-hydrogen) atoms. The molecule has 128 valence electrons. The van der Waals surface area contributed by atoms with Gasteiger partial charge in [0.1, 0.15) is 5.54 Å². The molecule has 0 aliphatic heterocycles. The second-order valence-corrected chi connectivity index (χ2v) is 6.65. The molecule has 0 radical (unpaired) electrons.